The third-order valence-corrected chi connectivity index (χ3v) is 1.71. The molecule has 13 heavy (non-hydrogen) atoms. The van der Waals surface area contributed by atoms with Crippen LogP contribution in [-0.2, 0) is 0 Å². The Balaban J connectivity index is 2.54. The first kappa shape index (κ1) is 7.67. The van der Waals surface area contributed by atoms with Crippen molar-refractivity contribution < 1.29 is 0 Å². The molecule has 0 aliphatic rings. The van der Waals surface area contributed by atoms with Gasteiger partial charge in [0.2, 0.25) is 0 Å². The topological polar surface area (TPSA) is 64.7 Å². The van der Waals surface area contributed by atoms with Crippen LogP contribution < -0.4 is 5.73 Å². The highest BCUT2D eigenvalue weighted by Crippen LogP contribution is 2.20. The number of nitrogens with two attached hydrogens (primary N) is 1. The van der Waals surface area contributed by atoms with Gasteiger partial charge in [0.1, 0.15) is 5.69 Å². The standard InChI is InChI=1S/C9H8N4/c10-8-6-11-13-12-9(8)7-4-2-1-3-5-7/h1-6H,(H2,10,13). The summed E-state index contributed by atoms with van der Waals surface area (Å²) >= 11 is 0. The number of anilines is 1. The van der Waals surface area contributed by atoms with Crippen LogP contribution in [0.1, 0.15) is 0 Å². The number of hydrogen-bond donors (Lipinski definition) is 1. The lowest BCUT2D eigenvalue weighted by atomic mass is 10.1. The van der Waals surface area contributed by atoms with Gasteiger partial charge in [-0.1, -0.05) is 30.3 Å². The second-order valence-electron chi connectivity index (χ2n) is 2.60. The molecule has 64 valence electrons. The number of nitrogens with zero attached hydrogens (tertiary/aromatic N) is 3. The van der Waals surface area contributed by atoms with Crippen molar-refractivity contribution in [3.05, 3.63) is 36.5 Å². The maximum absolute atomic E-state index is 5.69. The first-order chi connectivity index (χ1) is 6.38. The van der Waals surface area contributed by atoms with Gasteiger partial charge >= 0.3 is 0 Å². The summed E-state index contributed by atoms with van der Waals surface area (Å²) in [7, 11) is 0. The van der Waals surface area contributed by atoms with E-state index in [4.69, 9.17) is 5.73 Å². The van der Waals surface area contributed by atoms with Crippen LogP contribution in [0.5, 0.6) is 0 Å². The van der Waals surface area contributed by atoms with Gasteiger partial charge in [0, 0.05) is 5.56 Å². The molecule has 0 radical (unpaired) electrons. The van der Waals surface area contributed by atoms with Crippen molar-refractivity contribution in [1.82, 2.24) is 15.4 Å². The van der Waals surface area contributed by atoms with Crippen molar-refractivity contribution in [3.63, 3.8) is 0 Å². The third-order valence-electron chi connectivity index (χ3n) is 1.71. The number of rotatable bonds is 1. The predicted octanol–water partition coefficient (Wildman–Crippen LogP) is 1.12. The van der Waals surface area contributed by atoms with E-state index in [0.717, 1.165) is 5.56 Å². The van der Waals surface area contributed by atoms with Crippen LogP contribution in [0.15, 0.2) is 36.5 Å². The van der Waals surface area contributed by atoms with E-state index in [9.17, 15) is 0 Å². The van der Waals surface area contributed by atoms with E-state index < -0.39 is 0 Å². The van der Waals surface area contributed by atoms with E-state index in [-0.39, 0.29) is 0 Å². The van der Waals surface area contributed by atoms with Crippen molar-refractivity contribution in [1.29, 1.82) is 0 Å². The Kier molecular flexibility index (Phi) is 1.88. The van der Waals surface area contributed by atoms with E-state index >= 15 is 0 Å². The number of benzene rings is 1. The monoisotopic (exact) mass is 172 g/mol. The summed E-state index contributed by atoms with van der Waals surface area (Å²) in [5.41, 5.74) is 7.86. The molecule has 0 aliphatic carbocycles. The summed E-state index contributed by atoms with van der Waals surface area (Å²) in [6, 6.07) is 9.66. The summed E-state index contributed by atoms with van der Waals surface area (Å²) in [4.78, 5) is 0. The highest BCUT2D eigenvalue weighted by molar-refractivity contribution is 5.70. The molecule has 0 saturated carbocycles. The fraction of sp³-hybridized carbons (Fsp3) is 0. The van der Waals surface area contributed by atoms with Crippen LogP contribution in [0.2, 0.25) is 0 Å². The minimum atomic E-state index is 0.543. The summed E-state index contributed by atoms with van der Waals surface area (Å²) in [6.45, 7) is 0. The second-order valence-corrected chi connectivity index (χ2v) is 2.60. The lowest BCUT2D eigenvalue weighted by molar-refractivity contribution is 0.874. The van der Waals surface area contributed by atoms with Crippen molar-refractivity contribution in [2.45, 2.75) is 0 Å². The van der Waals surface area contributed by atoms with Gasteiger partial charge in [-0.05, 0) is 5.21 Å². The van der Waals surface area contributed by atoms with E-state index in [2.05, 4.69) is 15.4 Å². The Hall–Kier alpha value is -1.97. The van der Waals surface area contributed by atoms with Gasteiger partial charge in [-0.3, -0.25) is 0 Å². The fourth-order valence-electron chi connectivity index (χ4n) is 1.10. The first-order valence-corrected chi connectivity index (χ1v) is 3.87. The highest BCUT2D eigenvalue weighted by Gasteiger charge is 2.02. The lowest BCUT2D eigenvalue weighted by Gasteiger charge is -2.00. The zero-order chi connectivity index (χ0) is 9.10. The van der Waals surface area contributed by atoms with Crippen LogP contribution >= 0.6 is 0 Å². The van der Waals surface area contributed by atoms with Crippen LogP contribution in [0.3, 0.4) is 0 Å². The summed E-state index contributed by atoms with van der Waals surface area (Å²) < 4.78 is 0. The quantitative estimate of drug-likeness (QED) is 0.700. The minimum Gasteiger partial charge on any atom is -0.396 e. The van der Waals surface area contributed by atoms with Crippen LogP contribution in [0.4, 0.5) is 5.69 Å². The molecule has 2 rings (SSSR count). The van der Waals surface area contributed by atoms with Crippen molar-refractivity contribution in [2.24, 2.45) is 0 Å². The zero-order valence-electron chi connectivity index (χ0n) is 6.88. The first-order valence-electron chi connectivity index (χ1n) is 3.87. The molecule has 0 fully saturated rings. The molecular formula is C9H8N4. The van der Waals surface area contributed by atoms with Gasteiger partial charge in [-0.15, -0.1) is 10.2 Å². The zero-order valence-corrected chi connectivity index (χ0v) is 6.88. The molecule has 0 spiro atoms. The molecule has 4 heteroatoms. The Morgan fingerprint density at radius 3 is 2.54 bits per heavy atom. The maximum atomic E-state index is 5.69. The van der Waals surface area contributed by atoms with E-state index in [1.165, 1.54) is 6.20 Å². The largest absolute Gasteiger partial charge is 0.396 e. The van der Waals surface area contributed by atoms with E-state index in [0.29, 0.717) is 11.4 Å². The second kappa shape index (κ2) is 3.18. The smallest absolute Gasteiger partial charge is 0.119 e. The van der Waals surface area contributed by atoms with Gasteiger partial charge in [0.15, 0.2) is 0 Å². The molecule has 0 aliphatic heterocycles. The fourth-order valence-corrected chi connectivity index (χ4v) is 1.10. The Morgan fingerprint density at radius 1 is 1.08 bits per heavy atom. The molecule has 0 saturated heterocycles. The molecule has 1 heterocycles. The Morgan fingerprint density at radius 2 is 1.85 bits per heavy atom. The van der Waals surface area contributed by atoms with Gasteiger partial charge in [0.25, 0.3) is 0 Å². The van der Waals surface area contributed by atoms with E-state index in [1.54, 1.807) is 0 Å². The minimum absolute atomic E-state index is 0.543. The average molecular weight is 172 g/mol. The highest BCUT2D eigenvalue weighted by atomic mass is 15.3. The summed E-state index contributed by atoms with van der Waals surface area (Å²) in [5, 5.41) is 11.0. The third kappa shape index (κ3) is 1.46. The van der Waals surface area contributed by atoms with E-state index in [1.807, 2.05) is 30.3 Å². The molecule has 0 atom stereocenters. The van der Waals surface area contributed by atoms with Gasteiger partial charge < -0.3 is 5.73 Å². The van der Waals surface area contributed by atoms with Crippen LogP contribution in [-0.4, -0.2) is 15.4 Å². The molecule has 2 aromatic rings. The van der Waals surface area contributed by atoms with Gasteiger partial charge in [-0.2, -0.15) is 0 Å². The maximum Gasteiger partial charge on any atom is 0.119 e. The van der Waals surface area contributed by atoms with Crippen molar-refractivity contribution in [3.8, 4) is 11.3 Å². The predicted molar refractivity (Wildman–Crippen MR) is 49.7 cm³/mol. The summed E-state index contributed by atoms with van der Waals surface area (Å²) in [6.07, 6.45) is 1.50. The number of aromatic nitrogens is 3. The molecule has 1 aromatic heterocycles. The van der Waals surface area contributed by atoms with Gasteiger partial charge in [0.05, 0.1) is 11.9 Å². The molecule has 1 aromatic carbocycles. The molecule has 0 unspecified atom stereocenters. The summed E-state index contributed by atoms with van der Waals surface area (Å²) in [5.74, 6) is 0. The SMILES string of the molecule is Nc1cnnnc1-c1ccccc1. The molecule has 4 nitrogen and oxygen atoms in total. The van der Waals surface area contributed by atoms with Crippen LogP contribution in [0, 0.1) is 0 Å². The Bertz CT molecular complexity index is 399. The number of hydrogen-bond acceptors (Lipinski definition) is 4. The molecular weight excluding hydrogens is 164 g/mol. The van der Waals surface area contributed by atoms with Crippen molar-refractivity contribution >= 4 is 5.69 Å². The van der Waals surface area contributed by atoms with Gasteiger partial charge in [-0.25, -0.2) is 0 Å². The van der Waals surface area contributed by atoms with Crippen LogP contribution in [0.25, 0.3) is 11.3 Å². The Labute approximate surface area is 75.4 Å². The lowest BCUT2D eigenvalue weighted by Crippen LogP contribution is -1.97. The van der Waals surface area contributed by atoms with Crippen molar-refractivity contribution in [2.75, 3.05) is 5.73 Å². The average Bonchev–Trinajstić information content (AvgIpc) is 2.20. The molecule has 0 bridgehead atoms. The normalized spacial score (nSPS) is 9.85. The number of nitrogen functional groups attached to an aromatic ring is 1. The molecule has 2 N–H and O–H groups in total. The molecule has 0 amide bonds.